The molecule has 0 aliphatic carbocycles. The number of furan rings is 1. The van der Waals surface area contributed by atoms with E-state index >= 15 is 0 Å². The van der Waals surface area contributed by atoms with Gasteiger partial charge in [0, 0.05) is 23.3 Å². The van der Waals surface area contributed by atoms with Crippen molar-refractivity contribution in [3.8, 4) is 22.8 Å². The van der Waals surface area contributed by atoms with Crippen molar-refractivity contribution < 1.29 is 28.3 Å². The van der Waals surface area contributed by atoms with E-state index < -0.39 is 16.9 Å². The van der Waals surface area contributed by atoms with E-state index in [1.54, 1.807) is 69.3 Å². The fourth-order valence-corrected chi connectivity index (χ4v) is 6.01. The third kappa shape index (κ3) is 4.51. The molecule has 2 aromatic heterocycles. The van der Waals surface area contributed by atoms with Crippen LogP contribution in [-0.2, 0) is 9.53 Å². The van der Waals surface area contributed by atoms with Crippen molar-refractivity contribution in [1.82, 2.24) is 4.57 Å². The standard InChI is InChI=1S/C29H23N3O8S/c1-4-37-28(34)25-16(3)30-29-31(26(25)17-8-10-22-23(12-17)39-14-38-22)27(33)24(41-29)13-18-9-11-21(40-18)19-6-5-7-20(15(19)2)32(35)36/h5-13,26H,4,14H2,1-3H3/b24-13-/t26-/m0/s1. The topological polar surface area (TPSA) is 135 Å². The third-order valence-corrected chi connectivity index (χ3v) is 7.88. The van der Waals surface area contributed by atoms with Gasteiger partial charge in [0.2, 0.25) is 6.79 Å². The average Bonchev–Trinajstić information content (AvgIpc) is 3.67. The zero-order valence-electron chi connectivity index (χ0n) is 22.2. The molecule has 0 saturated carbocycles. The van der Waals surface area contributed by atoms with Crippen LogP contribution in [0.4, 0.5) is 5.69 Å². The van der Waals surface area contributed by atoms with Gasteiger partial charge < -0.3 is 18.6 Å². The zero-order valence-corrected chi connectivity index (χ0v) is 23.0. The van der Waals surface area contributed by atoms with Crippen LogP contribution in [0, 0.1) is 17.0 Å². The Kier molecular flexibility index (Phi) is 6.54. The summed E-state index contributed by atoms with van der Waals surface area (Å²) in [7, 11) is 0. The number of hydrogen-bond acceptors (Lipinski definition) is 10. The minimum Gasteiger partial charge on any atom is -0.463 e. The van der Waals surface area contributed by atoms with Gasteiger partial charge in [0.1, 0.15) is 11.5 Å². The van der Waals surface area contributed by atoms with Gasteiger partial charge in [-0.2, -0.15) is 0 Å². The molecule has 0 spiro atoms. The molecule has 0 radical (unpaired) electrons. The molecule has 0 N–H and O–H groups in total. The number of nitro benzene ring substituents is 1. The molecule has 4 heterocycles. The van der Waals surface area contributed by atoms with E-state index in [4.69, 9.17) is 18.6 Å². The van der Waals surface area contributed by atoms with Crippen LogP contribution in [0.15, 0.2) is 74.0 Å². The maximum atomic E-state index is 13.9. The molecular weight excluding hydrogens is 550 g/mol. The molecule has 2 aliphatic heterocycles. The highest BCUT2D eigenvalue weighted by atomic mass is 32.1. The van der Waals surface area contributed by atoms with Crippen LogP contribution < -0.4 is 24.4 Å². The second-order valence-electron chi connectivity index (χ2n) is 9.32. The normalized spacial score (nSPS) is 16.0. The number of allylic oxidation sites excluding steroid dienone is 1. The van der Waals surface area contributed by atoms with E-state index in [1.807, 2.05) is 0 Å². The second kappa shape index (κ2) is 10.2. The SMILES string of the molecule is CCOC(=O)C1=C(C)N=c2s/c(=C\c3ccc(-c4cccc([N+](=O)[O-])c4C)o3)c(=O)n2[C@H]1c1ccc2c(c1)OCO2. The molecule has 0 fully saturated rings. The second-order valence-corrected chi connectivity index (χ2v) is 10.3. The van der Waals surface area contributed by atoms with Crippen molar-refractivity contribution >= 4 is 29.1 Å². The van der Waals surface area contributed by atoms with Crippen molar-refractivity contribution in [2.75, 3.05) is 13.4 Å². The number of benzene rings is 2. The number of fused-ring (bicyclic) bond motifs is 2. The first-order valence-corrected chi connectivity index (χ1v) is 13.5. The van der Waals surface area contributed by atoms with E-state index in [1.165, 1.54) is 10.6 Å². The van der Waals surface area contributed by atoms with E-state index in [9.17, 15) is 19.7 Å². The fourth-order valence-electron chi connectivity index (χ4n) is 4.98. The van der Waals surface area contributed by atoms with Gasteiger partial charge in [-0.15, -0.1) is 0 Å². The summed E-state index contributed by atoms with van der Waals surface area (Å²) in [6.07, 6.45) is 1.60. The highest BCUT2D eigenvalue weighted by molar-refractivity contribution is 7.07. The Bertz CT molecular complexity index is 1950. The Morgan fingerprint density at radius 3 is 2.78 bits per heavy atom. The number of nitro groups is 1. The summed E-state index contributed by atoms with van der Waals surface area (Å²) < 4.78 is 24.1. The van der Waals surface area contributed by atoms with Gasteiger partial charge in [-0.3, -0.25) is 19.5 Å². The summed E-state index contributed by atoms with van der Waals surface area (Å²) in [6, 6.07) is 12.6. The first kappa shape index (κ1) is 26.3. The van der Waals surface area contributed by atoms with Gasteiger partial charge in [0.25, 0.3) is 11.2 Å². The molecule has 0 amide bonds. The summed E-state index contributed by atoms with van der Waals surface area (Å²) in [5.74, 6) is 1.35. The van der Waals surface area contributed by atoms with Crippen LogP contribution in [0.1, 0.15) is 36.8 Å². The zero-order chi connectivity index (χ0) is 28.8. The van der Waals surface area contributed by atoms with Crippen LogP contribution in [0.2, 0.25) is 0 Å². The van der Waals surface area contributed by atoms with E-state index in [0.717, 1.165) is 11.3 Å². The van der Waals surface area contributed by atoms with E-state index in [2.05, 4.69) is 4.99 Å². The minimum atomic E-state index is -0.804. The van der Waals surface area contributed by atoms with E-state index in [-0.39, 0.29) is 30.2 Å². The smallest absolute Gasteiger partial charge is 0.338 e. The third-order valence-electron chi connectivity index (χ3n) is 6.90. The molecule has 41 heavy (non-hydrogen) atoms. The first-order chi connectivity index (χ1) is 19.8. The van der Waals surface area contributed by atoms with E-state index in [0.29, 0.717) is 54.7 Å². The molecule has 0 unspecified atom stereocenters. The van der Waals surface area contributed by atoms with Crippen molar-refractivity contribution in [2.45, 2.75) is 26.8 Å². The van der Waals surface area contributed by atoms with Crippen molar-refractivity contribution in [3.05, 3.63) is 106 Å². The monoisotopic (exact) mass is 573 g/mol. The quantitative estimate of drug-likeness (QED) is 0.192. The summed E-state index contributed by atoms with van der Waals surface area (Å²) in [5.41, 5.74) is 2.02. The number of aromatic nitrogens is 1. The van der Waals surface area contributed by atoms with Crippen molar-refractivity contribution in [3.63, 3.8) is 0 Å². The van der Waals surface area contributed by atoms with Crippen LogP contribution >= 0.6 is 11.3 Å². The van der Waals surface area contributed by atoms with Crippen molar-refractivity contribution in [1.29, 1.82) is 0 Å². The maximum Gasteiger partial charge on any atom is 0.338 e. The van der Waals surface area contributed by atoms with Crippen LogP contribution in [0.3, 0.4) is 0 Å². The molecule has 0 bridgehead atoms. The molecule has 11 nitrogen and oxygen atoms in total. The highest BCUT2D eigenvalue weighted by Crippen LogP contribution is 2.38. The molecular formula is C29H23N3O8S. The molecule has 2 aromatic carbocycles. The fraction of sp³-hybridized carbons (Fsp3) is 0.207. The highest BCUT2D eigenvalue weighted by Gasteiger charge is 2.34. The summed E-state index contributed by atoms with van der Waals surface area (Å²) in [6.45, 7) is 5.34. The molecule has 0 saturated heterocycles. The molecule has 1 atom stereocenters. The van der Waals surface area contributed by atoms with Crippen molar-refractivity contribution in [2.24, 2.45) is 4.99 Å². The maximum absolute atomic E-state index is 13.9. The Morgan fingerprint density at radius 1 is 1.20 bits per heavy atom. The van der Waals surface area contributed by atoms with Gasteiger partial charge in [-0.1, -0.05) is 29.5 Å². The lowest BCUT2D eigenvalue weighted by molar-refractivity contribution is -0.385. The van der Waals surface area contributed by atoms with Gasteiger partial charge in [-0.05, 0) is 50.6 Å². The molecule has 2 aliphatic rings. The van der Waals surface area contributed by atoms with Gasteiger partial charge in [0.15, 0.2) is 16.3 Å². The summed E-state index contributed by atoms with van der Waals surface area (Å²) in [4.78, 5) is 42.9. The number of rotatable bonds is 6. The molecule has 12 heteroatoms. The van der Waals surface area contributed by atoms with Gasteiger partial charge in [0.05, 0.1) is 33.4 Å². The Labute approximate surface area is 236 Å². The Morgan fingerprint density at radius 2 is 2.00 bits per heavy atom. The van der Waals surface area contributed by atoms with Gasteiger partial charge >= 0.3 is 5.97 Å². The molecule has 208 valence electrons. The van der Waals surface area contributed by atoms with Crippen LogP contribution in [-0.4, -0.2) is 28.9 Å². The van der Waals surface area contributed by atoms with Crippen LogP contribution in [0.25, 0.3) is 17.4 Å². The number of carbonyl (C=O) groups is 1. The largest absolute Gasteiger partial charge is 0.463 e. The number of ether oxygens (including phenoxy) is 3. The predicted molar refractivity (Wildman–Crippen MR) is 148 cm³/mol. The number of thiazole rings is 1. The number of carbonyl (C=O) groups excluding carboxylic acids is 1. The van der Waals surface area contributed by atoms with Gasteiger partial charge in [-0.25, -0.2) is 9.79 Å². The lowest BCUT2D eigenvalue weighted by Crippen LogP contribution is -2.39. The Balaban J connectivity index is 1.47. The average molecular weight is 574 g/mol. The minimum absolute atomic E-state index is 0.00921. The lowest BCUT2D eigenvalue weighted by atomic mass is 9.95. The summed E-state index contributed by atoms with van der Waals surface area (Å²) in [5, 5.41) is 11.4. The predicted octanol–water partition coefficient (Wildman–Crippen LogP) is 4.00. The molecule has 6 rings (SSSR count). The summed E-state index contributed by atoms with van der Waals surface area (Å²) >= 11 is 1.16. The number of esters is 1. The number of hydrogen-bond donors (Lipinski definition) is 0. The Hall–Kier alpha value is -4.97. The number of nitrogens with zero attached hydrogens (tertiary/aromatic N) is 3. The first-order valence-electron chi connectivity index (χ1n) is 12.7. The lowest BCUT2D eigenvalue weighted by Gasteiger charge is -2.24. The molecule has 4 aromatic rings. The van der Waals surface area contributed by atoms with Crippen LogP contribution in [0.5, 0.6) is 11.5 Å².